The number of rotatable bonds is 4. The van der Waals surface area contributed by atoms with Crippen LogP contribution >= 0.6 is 7.92 Å². The lowest BCUT2D eigenvalue weighted by Crippen LogP contribution is -2.13. The number of nitrogens with zero attached hydrogens (tertiary/aromatic N) is 1. The van der Waals surface area contributed by atoms with Crippen LogP contribution in [-0.4, -0.2) is 6.16 Å². The fraction of sp³-hybridized carbons (Fsp3) is 0.133. The maximum Gasteiger partial charge on any atom is 0.0625 e. The molecule has 2 heteroatoms. The summed E-state index contributed by atoms with van der Waals surface area (Å²) in [7, 11) is -0.379. The first kappa shape index (κ1) is 11.8. The third-order valence-electron chi connectivity index (χ3n) is 2.58. The fourth-order valence-corrected chi connectivity index (χ4v) is 3.99. The van der Waals surface area contributed by atoms with E-state index in [0.717, 1.165) is 6.16 Å². The molecule has 0 N–H and O–H groups in total. The molecule has 0 aliphatic heterocycles. The van der Waals surface area contributed by atoms with Gasteiger partial charge in [-0.25, -0.2) is 0 Å². The molecule has 0 spiro atoms. The molecule has 0 atom stereocenters. The highest BCUT2D eigenvalue weighted by atomic mass is 31.1. The van der Waals surface area contributed by atoms with Gasteiger partial charge in [0.1, 0.15) is 0 Å². The Balaban J connectivity index is 2.30. The molecule has 0 radical (unpaired) electrons. The third-order valence-corrected chi connectivity index (χ3v) is 5.10. The summed E-state index contributed by atoms with van der Waals surface area (Å²) in [4.78, 5) is 0. The number of hydrogen-bond donors (Lipinski definition) is 0. The van der Waals surface area contributed by atoms with Gasteiger partial charge in [-0.1, -0.05) is 60.7 Å². The van der Waals surface area contributed by atoms with Crippen molar-refractivity contribution in [3.8, 4) is 6.07 Å². The monoisotopic (exact) mass is 239 g/mol. The van der Waals surface area contributed by atoms with Crippen LogP contribution in [0.3, 0.4) is 0 Å². The number of hydrogen-bond acceptors (Lipinski definition) is 1. The molecule has 0 saturated heterocycles. The lowest BCUT2D eigenvalue weighted by atomic mass is 10.4. The van der Waals surface area contributed by atoms with E-state index in [2.05, 4.69) is 54.6 Å². The summed E-state index contributed by atoms with van der Waals surface area (Å²) < 4.78 is 0. The highest BCUT2D eigenvalue weighted by Gasteiger charge is 2.12. The van der Waals surface area contributed by atoms with Crippen LogP contribution in [0.1, 0.15) is 6.42 Å². The minimum atomic E-state index is -0.379. The average Bonchev–Trinajstić information content (AvgIpc) is 2.42. The first-order chi connectivity index (χ1) is 8.42. The van der Waals surface area contributed by atoms with E-state index in [0.29, 0.717) is 6.42 Å². The second-order valence-electron chi connectivity index (χ2n) is 3.73. The smallest absolute Gasteiger partial charge is 0.0625 e. The molecule has 0 aliphatic carbocycles. The van der Waals surface area contributed by atoms with Gasteiger partial charge in [-0.15, -0.1) is 0 Å². The molecular weight excluding hydrogens is 225 g/mol. The molecule has 0 heterocycles. The maximum absolute atomic E-state index is 8.77. The van der Waals surface area contributed by atoms with E-state index in [1.807, 2.05) is 12.1 Å². The zero-order valence-electron chi connectivity index (χ0n) is 9.58. The predicted molar refractivity (Wildman–Crippen MR) is 74.2 cm³/mol. The van der Waals surface area contributed by atoms with Crippen LogP contribution < -0.4 is 10.6 Å². The maximum atomic E-state index is 8.77. The molecular formula is C15H14NP. The molecule has 2 aromatic carbocycles. The first-order valence-corrected chi connectivity index (χ1v) is 7.19. The van der Waals surface area contributed by atoms with Crippen LogP contribution in [0.5, 0.6) is 0 Å². The van der Waals surface area contributed by atoms with E-state index < -0.39 is 0 Å². The van der Waals surface area contributed by atoms with Crippen molar-refractivity contribution in [2.24, 2.45) is 0 Å². The van der Waals surface area contributed by atoms with E-state index in [9.17, 15) is 0 Å². The Bertz CT molecular complexity index is 448. The summed E-state index contributed by atoms with van der Waals surface area (Å²) in [6.07, 6.45) is 1.56. The predicted octanol–water partition coefficient (Wildman–Crippen LogP) is 3.03. The van der Waals surface area contributed by atoms with Crippen LogP contribution in [0.15, 0.2) is 60.7 Å². The van der Waals surface area contributed by atoms with E-state index in [1.54, 1.807) is 0 Å². The zero-order chi connectivity index (χ0) is 11.9. The molecule has 0 unspecified atom stereocenters. The summed E-state index contributed by atoms with van der Waals surface area (Å²) in [6, 6.07) is 23.3. The van der Waals surface area contributed by atoms with Crippen molar-refractivity contribution in [1.29, 1.82) is 5.26 Å². The Kier molecular flexibility index (Phi) is 4.30. The van der Waals surface area contributed by atoms with Gasteiger partial charge in [-0.05, 0) is 24.7 Å². The molecule has 0 aromatic heterocycles. The second-order valence-corrected chi connectivity index (χ2v) is 6.07. The lowest BCUT2D eigenvalue weighted by Gasteiger charge is -2.17. The standard InChI is InChI=1S/C15H14NP/c16-12-7-13-17(14-8-3-1-4-9-14)15-10-5-2-6-11-15/h1-6,8-11H,7,13H2. The van der Waals surface area contributed by atoms with Crippen molar-refractivity contribution in [1.82, 2.24) is 0 Å². The van der Waals surface area contributed by atoms with E-state index >= 15 is 0 Å². The Morgan fingerprint density at radius 1 is 0.824 bits per heavy atom. The van der Waals surface area contributed by atoms with Crippen LogP contribution in [0.2, 0.25) is 0 Å². The summed E-state index contributed by atoms with van der Waals surface area (Å²) in [5.74, 6) is 0. The van der Waals surface area contributed by atoms with Crippen LogP contribution in [-0.2, 0) is 0 Å². The summed E-state index contributed by atoms with van der Waals surface area (Å²) in [6.45, 7) is 0. The van der Waals surface area contributed by atoms with E-state index in [4.69, 9.17) is 5.26 Å². The Labute approximate surface area is 103 Å². The normalized spacial score (nSPS) is 10.1. The van der Waals surface area contributed by atoms with Crippen LogP contribution in [0.25, 0.3) is 0 Å². The summed E-state index contributed by atoms with van der Waals surface area (Å²) in [5, 5.41) is 11.5. The molecule has 1 nitrogen and oxygen atoms in total. The average molecular weight is 239 g/mol. The van der Waals surface area contributed by atoms with Gasteiger partial charge < -0.3 is 0 Å². The summed E-state index contributed by atoms with van der Waals surface area (Å²) >= 11 is 0. The van der Waals surface area contributed by atoms with Crippen LogP contribution in [0, 0.1) is 11.3 Å². The van der Waals surface area contributed by atoms with Gasteiger partial charge in [0.15, 0.2) is 0 Å². The molecule has 0 saturated carbocycles. The number of nitriles is 1. The van der Waals surface area contributed by atoms with Crippen molar-refractivity contribution in [2.45, 2.75) is 6.42 Å². The van der Waals surface area contributed by atoms with Gasteiger partial charge in [0.05, 0.1) is 6.07 Å². The molecule has 0 fully saturated rings. The Morgan fingerprint density at radius 2 is 1.29 bits per heavy atom. The molecule has 2 aromatic rings. The van der Waals surface area contributed by atoms with Crippen molar-refractivity contribution in [3.05, 3.63) is 60.7 Å². The van der Waals surface area contributed by atoms with Gasteiger partial charge in [0.2, 0.25) is 0 Å². The fourth-order valence-electron chi connectivity index (χ4n) is 1.78. The molecule has 84 valence electrons. The molecule has 0 bridgehead atoms. The lowest BCUT2D eigenvalue weighted by molar-refractivity contribution is 1.23. The molecule has 2 rings (SSSR count). The topological polar surface area (TPSA) is 23.8 Å². The second kappa shape index (κ2) is 6.18. The molecule has 17 heavy (non-hydrogen) atoms. The summed E-state index contributed by atoms with van der Waals surface area (Å²) in [5.41, 5.74) is 0. The van der Waals surface area contributed by atoms with Crippen LogP contribution in [0.4, 0.5) is 0 Å². The third kappa shape index (κ3) is 3.16. The Morgan fingerprint density at radius 3 is 1.71 bits per heavy atom. The largest absolute Gasteiger partial charge is 0.198 e. The van der Waals surface area contributed by atoms with Crippen molar-refractivity contribution in [2.75, 3.05) is 6.16 Å². The van der Waals surface area contributed by atoms with Gasteiger partial charge in [0.25, 0.3) is 0 Å². The van der Waals surface area contributed by atoms with Crippen molar-refractivity contribution >= 4 is 18.5 Å². The number of benzene rings is 2. The minimum Gasteiger partial charge on any atom is -0.198 e. The van der Waals surface area contributed by atoms with Crippen molar-refractivity contribution in [3.63, 3.8) is 0 Å². The van der Waals surface area contributed by atoms with Crippen molar-refractivity contribution < 1.29 is 0 Å². The first-order valence-electron chi connectivity index (χ1n) is 5.66. The van der Waals surface area contributed by atoms with E-state index in [-0.39, 0.29) is 7.92 Å². The van der Waals surface area contributed by atoms with Gasteiger partial charge in [-0.2, -0.15) is 5.26 Å². The highest BCUT2D eigenvalue weighted by molar-refractivity contribution is 7.73. The SMILES string of the molecule is N#CCCP(c1ccccc1)c1ccccc1. The van der Waals surface area contributed by atoms with Gasteiger partial charge >= 0.3 is 0 Å². The van der Waals surface area contributed by atoms with E-state index in [1.165, 1.54) is 10.6 Å². The molecule has 0 aliphatic rings. The molecule has 0 amide bonds. The minimum absolute atomic E-state index is 0.379. The van der Waals surface area contributed by atoms with Gasteiger partial charge in [-0.3, -0.25) is 0 Å². The quantitative estimate of drug-likeness (QED) is 0.752. The Hall–Kier alpha value is -1.64. The highest BCUT2D eigenvalue weighted by Crippen LogP contribution is 2.33. The zero-order valence-corrected chi connectivity index (χ0v) is 10.5. The van der Waals surface area contributed by atoms with Gasteiger partial charge in [0, 0.05) is 6.42 Å².